The quantitative estimate of drug-likeness (QED) is 0.862. The van der Waals surface area contributed by atoms with Crippen LogP contribution in [-0.2, 0) is 11.3 Å². The van der Waals surface area contributed by atoms with E-state index in [-0.39, 0.29) is 18.8 Å². The van der Waals surface area contributed by atoms with Crippen LogP contribution >= 0.6 is 15.9 Å². The first-order valence-corrected chi connectivity index (χ1v) is 5.43. The van der Waals surface area contributed by atoms with Crippen molar-refractivity contribution in [2.24, 2.45) is 0 Å². The molecule has 1 N–H and O–H groups in total. The Morgan fingerprint density at radius 2 is 2.31 bits per heavy atom. The zero-order chi connectivity index (χ0) is 12.1. The normalized spacial score (nSPS) is 9.62. The molecular weight excluding hydrogens is 274 g/mol. The summed E-state index contributed by atoms with van der Waals surface area (Å²) in [6.45, 7) is 1.71. The summed E-state index contributed by atoms with van der Waals surface area (Å²) >= 11 is 3.21. The molecule has 0 saturated carbocycles. The molecule has 0 aliphatic heterocycles. The highest BCUT2D eigenvalue weighted by molar-refractivity contribution is 9.10. The van der Waals surface area contributed by atoms with Gasteiger partial charge in [0.15, 0.2) is 0 Å². The number of nitriles is 1. The Morgan fingerprint density at radius 3 is 2.81 bits per heavy atom. The highest BCUT2D eigenvalue weighted by Crippen LogP contribution is 2.24. The van der Waals surface area contributed by atoms with Crippen LogP contribution in [-0.4, -0.2) is 17.7 Å². The molecule has 0 aliphatic rings. The van der Waals surface area contributed by atoms with Gasteiger partial charge in [0, 0.05) is 4.47 Å². The van der Waals surface area contributed by atoms with E-state index in [1.807, 2.05) is 6.07 Å². The second kappa shape index (κ2) is 5.64. The largest absolute Gasteiger partial charge is 0.462 e. The van der Waals surface area contributed by atoms with Crippen LogP contribution in [0.1, 0.15) is 28.4 Å². The van der Waals surface area contributed by atoms with E-state index in [0.717, 1.165) is 0 Å². The molecule has 5 heteroatoms. The van der Waals surface area contributed by atoms with Crippen LogP contribution in [0.2, 0.25) is 0 Å². The van der Waals surface area contributed by atoms with E-state index in [0.29, 0.717) is 15.6 Å². The minimum atomic E-state index is -0.513. The van der Waals surface area contributed by atoms with E-state index in [1.54, 1.807) is 6.92 Å². The van der Waals surface area contributed by atoms with E-state index in [2.05, 4.69) is 15.9 Å². The SMILES string of the molecule is CCOC(=O)c1cc(C#N)cc(CO)c1Br. The molecule has 0 amide bonds. The van der Waals surface area contributed by atoms with Crippen LogP contribution in [0, 0.1) is 11.3 Å². The summed E-state index contributed by atoms with van der Waals surface area (Å²) < 4.78 is 5.31. The fraction of sp³-hybridized carbons (Fsp3) is 0.273. The zero-order valence-corrected chi connectivity index (χ0v) is 10.2. The monoisotopic (exact) mass is 283 g/mol. The summed E-state index contributed by atoms with van der Waals surface area (Å²) in [6.07, 6.45) is 0. The summed E-state index contributed by atoms with van der Waals surface area (Å²) in [5.74, 6) is -0.513. The van der Waals surface area contributed by atoms with Crippen molar-refractivity contribution in [1.82, 2.24) is 0 Å². The average Bonchev–Trinajstić information content (AvgIpc) is 2.29. The molecule has 84 valence electrons. The van der Waals surface area contributed by atoms with Crippen LogP contribution in [0.15, 0.2) is 16.6 Å². The molecule has 1 rings (SSSR count). The van der Waals surface area contributed by atoms with Gasteiger partial charge in [-0.2, -0.15) is 5.26 Å². The highest BCUT2D eigenvalue weighted by Gasteiger charge is 2.15. The number of ether oxygens (including phenoxy) is 1. The Balaban J connectivity index is 3.27. The lowest BCUT2D eigenvalue weighted by molar-refractivity contribution is 0.0525. The molecule has 0 unspecified atom stereocenters. The fourth-order valence-electron chi connectivity index (χ4n) is 1.22. The van der Waals surface area contributed by atoms with Gasteiger partial charge in [0.05, 0.1) is 30.4 Å². The van der Waals surface area contributed by atoms with Crippen LogP contribution in [0.25, 0.3) is 0 Å². The maximum atomic E-state index is 11.6. The summed E-state index contributed by atoms with van der Waals surface area (Å²) in [5, 5.41) is 17.9. The van der Waals surface area contributed by atoms with E-state index in [1.165, 1.54) is 12.1 Å². The minimum absolute atomic E-state index is 0.248. The second-order valence-electron chi connectivity index (χ2n) is 2.99. The molecule has 1 aromatic carbocycles. The summed E-state index contributed by atoms with van der Waals surface area (Å²) in [6, 6.07) is 4.88. The molecule has 0 fully saturated rings. The molecule has 0 atom stereocenters. The van der Waals surface area contributed by atoms with Gasteiger partial charge in [-0.15, -0.1) is 0 Å². The molecule has 1 aromatic rings. The third kappa shape index (κ3) is 2.60. The van der Waals surface area contributed by atoms with Crippen molar-refractivity contribution in [3.05, 3.63) is 33.3 Å². The predicted octanol–water partition coefficient (Wildman–Crippen LogP) is 1.99. The molecule has 0 saturated heterocycles. The third-order valence-electron chi connectivity index (χ3n) is 1.94. The fourth-order valence-corrected chi connectivity index (χ4v) is 1.74. The molecule has 0 radical (unpaired) electrons. The van der Waals surface area contributed by atoms with Gasteiger partial charge in [-0.3, -0.25) is 0 Å². The van der Waals surface area contributed by atoms with E-state index < -0.39 is 5.97 Å². The van der Waals surface area contributed by atoms with Gasteiger partial charge >= 0.3 is 5.97 Å². The lowest BCUT2D eigenvalue weighted by Crippen LogP contribution is -2.07. The number of hydrogen-bond acceptors (Lipinski definition) is 4. The van der Waals surface area contributed by atoms with E-state index >= 15 is 0 Å². The molecule has 0 spiro atoms. The zero-order valence-electron chi connectivity index (χ0n) is 8.66. The first-order chi connectivity index (χ1) is 7.63. The van der Waals surface area contributed by atoms with Gasteiger partial charge in [-0.25, -0.2) is 4.79 Å². The van der Waals surface area contributed by atoms with Crippen LogP contribution in [0.5, 0.6) is 0 Å². The van der Waals surface area contributed by atoms with Gasteiger partial charge in [0.2, 0.25) is 0 Å². The molecule has 4 nitrogen and oxygen atoms in total. The number of benzene rings is 1. The van der Waals surface area contributed by atoms with Crippen molar-refractivity contribution in [3.8, 4) is 6.07 Å². The minimum Gasteiger partial charge on any atom is -0.462 e. The van der Waals surface area contributed by atoms with Gasteiger partial charge in [-0.1, -0.05) is 0 Å². The smallest absolute Gasteiger partial charge is 0.339 e. The highest BCUT2D eigenvalue weighted by atomic mass is 79.9. The number of rotatable bonds is 3. The van der Waals surface area contributed by atoms with E-state index in [9.17, 15) is 4.79 Å². The Bertz CT molecular complexity index is 451. The van der Waals surface area contributed by atoms with Gasteiger partial charge < -0.3 is 9.84 Å². The number of nitrogens with zero attached hydrogens (tertiary/aromatic N) is 1. The lowest BCUT2D eigenvalue weighted by atomic mass is 10.1. The third-order valence-corrected chi connectivity index (χ3v) is 2.88. The van der Waals surface area contributed by atoms with Crippen LogP contribution in [0.3, 0.4) is 0 Å². The molecule has 0 aliphatic carbocycles. The number of halogens is 1. The van der Waals surface area contributed by atoms with Crippen molar-refractivity contribution >= 4 is 21.9 Å². The standard InChI is InChI=1S/C11H10BrNO3/c1-2-16-11(15)9-4-7(5-13)3-8(6-14)10(9)12/h3-4,14H,2,6H2,1H3. The van der Waals surface area contributed by atoms with Gasteiger partial charge in [0.1, 0.15) is 0 Å². The van der Waals surface area contributed by atoms with Crippen molar-refractivity contribution in [2.75, 3.05) is 6.61 Å². The van der Waals surface area contributed by atoms with Gasteiger partial charge in [0.25, 0.3) is 0 Å². The lowest BCUT2D eigenvalue weighted by Gasteiger charge is -2.08. The molecule has 16 heavy (non-hydrogen) atoms. The summed E-state index contributed by atoms with van der Waals surface area (Å²) in [4.78, 5) is 11.6. The van der Waals surface area contributed by atoms with Crippen LogP contribution < -0.4 is 0 Å². The van der Waals surface area contributed by atoms with Crippen molar-refractivity contribution in [3.63, 3.8) is 0 Å². The number of aliphatic hydroxyl groups is 1. The first kappa shape index (κ1) is 12.7. The first-order valence-electron chi connectivity index (χ1n) is 4.64. The maximum Gasteiger partial charge on any atom is 0.339 e. The molecule has 0 bridgehead atoms. The number of carbonyl (C=O) groups excluding carboxylic acids is 1. The average molecular weight is 284 g/mol. The van der Waals surface area contributed by atoms with Crippen molar-refractivity contribution in [2.45, 2.75) is 13.5 Å². The molecule has 0 heterocycles. The number of esters is 1. The Morgan fingerprint density at radius 1 is 1.62 bits per heavy atom. The molecule has 0 aromatic heterocycles. The predicted molar refractivity (Wildman–Crippen MR) is 60.7 cm³/mol. The Labute approximate surface area is 102 Å². The van der Waals surface area contributed by atoms with Gasteiger partial charge in [-0.05, 0) is 40.5 Å². The summed E-state index contributed by atoms with van der Waals surface area (Å²) in [7, 11) is 0. The van der Waals surface area contributed by atoms with E-state index in [4.69, 9.17) is 15.1 Å². The topological polar surface area (TPSA) is 70.3 Å². The maximum absolute atomic E-state index is 11.6. The Kier molecular flexibility index (Phi) is 4.47. The Hall–Kier alpha value is -1.38. The van der Waals surface area contributed by atoms with Crippen molar-refractivity contribution in [1.29, 1.82) is 5.26 Å². The molecular formula is C11H10BrNO3. The number of aliphatic hydroxyl groups excluding tert-OH is 1. The second-order valence-corrected chi connectivity index (χ2v) is 3.78. The van der Waals surface area contributed by atoms with Crippen molar-refractivity contribution < 1.29 is 14.6 Å². The van der Waals surface area contributed by atoms with Crippen LogP contribution in [0.4, 0.5) is 0 Å². The summed E-state index contributed by atoms with van der Waals surface area (Å²) in [5.41, 5.74) is 1.06. The number of carbonyl (C=O) groups is 1. The number of hydrogen-bond donors (Lipinski definition) is 1.